The van der Waals surface area contributed by atoms with Crippen molar-refractivity contribution in [1.82, 2.24) is 15.1 Å². The van der Waals surface area contributed by atoms with Crippen molar-refractivity contribution in [3.05, 3.63) is 47.3 Å². The van der Waals surface area contributed by atoms with Crippen LogP contribution in [0.15, 0.2) is 30.5 Å². The van der Waals surface area contributed by atoms with E-state index in [0.29, 0.717) is 23.9 Å². The van der Waals surface area contributed by atoms with Gasteiger partial charge >= 0.3 is 0 Å². The van der Waals surface area contributed by atoms with Crippen LogP contribution in [-0.4, -0.2) is 34.0 Å². The molecule has 1 fully saturated rings. The summed E-state index contributed by atoms with van der Waals surface area (Å²) in [6.45, 7) is 2.52. The second-order valence-corrected chi connectivity index (χ2v) is 6.39. The Morgan fingerprint density at radius 2 is 2.12 bits per heavy atom. The van der Waals surface area contributed by atoms with Crippen LogP contribution in [0.1, 0.15) is 53.3 Å². The molecular weight excluding hydrogens is 318 g/mol. The maximum absolute atomic E-state index is 12.5. The SMILES string of the molecule is Cc1c(C(=O)NCc2ccccc2OCCO)cnn1C1CCCC1. The van der Waals surface area contributed by atoms with E-state index in [0.717, 1.165) is 24.1 Å². The van der Waals surface area contributed by atoms with E-state index in [-0.39, 0.29) is 19.1 Å². The molecule has 0 radical (unpaired) electrons. The summed E-state index contributed by atoms with van der Waals surface area (Å²) in [6.07, 6.45) is 6.40. The van der Waals surface area contributed by atoms with E-state index >= 15 is 0 Å². The first-order valence-corrected chi connectivity index (χ1v) is 8.84. The molecule has 1 heterocycles. The summed E-state index contributed by atoms with van der Waals surface area (Å²) >= 11 is 0. The number of nitrogens with one attached hydrogen (secondary N) is 1. The van der Waals surface area contributed by atoms with Gasteiger partial charge in [-0.15, -0.1) is 0 Å². The van der Waals surface area contributed by atoms with E-state index in [1.165, 1.54) is 12.8 Å². The van der Waals surface area contributed by atoms with Gasteiger partial charge in [-0.3, -0.25) is 9.48 Å². The van der Waals surface area contributed by atoms with Crippen LogP contribution in [0.3, 0.4) is 0 Å². The van der Waals surface area contributed by atoms with Crippen molar-refractivity contribution in [3.8, 4) is 5.75 Å². The second kappa shape index (κ2) is 8.16. The van der Waals surface area contributed by atoms with E-state index in [9.17, 15) is 4.79 Å². The number of hydrogen-bond donors (Lipinski definition) is 2. The molecule has 1 aromatic heterocycles. The highest BCUT2D eigenvalue weighted by atomic mass is 16.5. The number of aliphatic hydroxyl groups excluding tert-OH is 1. The summed E-state index contributed by atoms with van der Waals surface area (Å²) in [6, 6.07) is 7.93. The molecule has 6 heteroatoms. The molecule has 0 bridgehead atoms. The lowest BCUT2D eigenvalue weighted by molar-refractivity contribution is 0.0949. The van der Waals surface area contributed by atoms with Gasteiger partial charge in [-0.25, -0.2) is 0 Å². The number of aromatic nitrogens is 2. The summed E-state index contributed by atoms with van der Waals surface area (Å²) < 4.78 is 7.50. The van der Waals surface area contributed by atoms with Crippen molar-refractivity contribution in [1.29, 1.82) is 0 Å². The molecule has 2 N–H and O–H groups in total. The van der Waals surface area contributed by atoms with Gasteiger partial charge in [-0.2, -0.15) is 5.10 Å². The molecule has 0 aliphatic heterocycles. The molecule has 0 unspecified atom stereocenters. The Morgan fingerprint density at radius 1 is 1.36 bits per heavy atom. The summed E-state index contributed by atoms with van der Waals surface area (Å²) in [4.78, 5) is 12.5. The van der Waals surface area contributed by atoms with Crippen LogP contribution in [0.5, 0.6) is 5.75 Å². The number of amides is 1. The summed E-state index contributed by atoms with van der Waals surface area (Å²) in [5.74, 6) is 0.550. The van der Waals surface area contributed by atoms with Gasteiger partial charge in [-0.05, 0) is 25.8 Å². The van der Waals surface area contributed by atoms with E-state index < -0.39 is 0 Å². The number of rotatable bonds is 7. The normalized spacial score (nSPS) is 14.6. The fraction of sp³-hybridized carbons (Fsp3) is 0.474. The molecule has 1 aromatic carbocycles. The first kappa shape index (κ1) is 17.5. The Hall–Kier alpha value is -2.34. The van der Waals surface area contributed by atoms with E-state index in [1.807, 2.05) is 35.9 Å². The maximum Gasteiger partial charge on any atom is 0.255 e. The molecule has 3 rings (SSSR count). The largest absolute Gasteiger partial charge is 0.491 e. The standard InChI is InChI=1S/C19H25N3O3/c1-14-17(13-21-22(14)16-7-3-4-8-16)19(24)20-12-15-6-2-5-9-18(15)25-11-10-23/h2,5-6,9,13,16,23H,3-4,7-8,10-12H2,1H3,(H,20,24). The fourth-order valence-electron chi connectivity index (χ4n) is 3.38. The zero-order chi connectivity index (χ0) is 17.6. The predicted molar refractivity (Wildman–Crippen MR) is 94.7 cm³/mol. The molecule has 1 aliphatic rings. The fourth-order valence-corrected chi connectivity index (χ4v) is 3.38. The van der Waals surface area contributed by atoms with Crippen LogP contribution in [0.25, 0.3) is 0 Å². The van der Waals surface area contributed by atoms with Gasteiger partial charge in [-0.1, -0.05) is 31.0 Å². The number of ether oxygens (including phenoxy) is 1. The van der Waals surface area contributed by atoms with Gasteiger partial charge in [0.2, 0.25) is 0 Å². The van der Waals surface area contributed by atoms with Gasteiger partial charge in [0.05, 0.1) is 24.4 Å². The van der Waals surface area contributed by atoms with Crippen molar-refractivity contribution in [2.75, 3.05) is 13.2 Å². The van der Waals surface area contributed by atoms with Gasteiger partial charge < -0.3 is 15.2 Å². The lowest BCUT2D eigenvalue weighted by Gasteiger charge is -2.13. The Labute approximate surface area is 147 Å². The lowest BCUT2D eigenvalue weighted by Crippen LogP contribution is -2.24. The van der Waals surface area contributed by atoms with Gasteiger partial charge in [0.15, 0.2) is 0 Å². The van der Waals surface area contributed by atoms with Gasteiger partial charge in [0.1, 0.15) is 12.4 Å². The highest BCUT2D eigenvalue weighted by Gasteiger charge is 2.22. The minimum atomic E-state index is -0.126. The van der Waals surface area contributed by atoms with Crippen LogP contribution in [0.2, 0.25) is 0 Å². The monoisotopic (exact) mass is 343 g/mol. The molecular formula is C19H25N3O3. The molecule has 2 aromatic rings. The first-order chi connectivity index (χ1) is 12.2. The number of para-hydroxylation sites is 1. The Bertz CT molecular complexity index is 720. The molecule has 25 heavy (non-hydrogen) atoms. The number of hydrogen-bond acceptors (Lipinski definition) is 4. The average molecular weight is 343 g/mol. The van der Waals surface area contributed by atoms with E-state index in [2.05, 4.69) is 10.4 Å². The average Bonchev–Trinajstić information content (AvgIpc) is 3.28. The number of carbonyl (C=O) groups excluding carboxylic acids is 1. The highest BCUT2D eigenvalue weighted by Crippen LogP contribution is 2.30. The van der Waals surface area contributed by atoms with Gasteiger partial charge in [0, 0.05) is 17.8 Å². The Kier molecular flexibility index (Phi) is 5.71. The summed E-state index contributed by atoms with van der Waals surface area (Å²) in [5.41, 5.74) is 2.43. The molecule has 1 saturated carbocycles. The quantitative estimate of drug-likeness (QED) is 0.810. The molecule has 1 aliphatic carbocycles. The predicted octanol–water partition coefficient (Wildman–Crippen LogP) is 2.61. The van der Waals surface area contributed by atoms with Crippen LogP contribution in [-0.2, 0) is 6.54 Å². The summed E-state index contributed by atoms with van der Waals surface area (Å²) in [5, 5.41) is 16.3. The number of nitrogens with zero attached hydrogens (tertiary/aromatic N) is 2. The Morgan fingerprint density at radius 3 is 2.88 bits per heavy atom. The molecule has 0 saturated heterocycles. The second-order valence-electron chi connectivity index (χ2n) is 6.39. The molecule has 6 nitrogen and oxygen atoms in total. The zero-order valence-electron chi connectivity index (χ0n) is 14.6. The van der Waals surface area contributed by atoms with Crippen molar-refractivity contribution in [3.63, 3.8) is 0 Å². The van der Waals surface area contributed by atoms with Crippen LogP contribution < -0.4 is 10.1 Å². The zero-order valence-corrected chi connectivity index (χ0v) is 14.6. The van der Waals surface area contributed by atoms with E-state index in [1.54, 1.807) is 6.20 Å². The van der Waals surface area contributed by atoms with Crippen LogP contribution in [0.4, 0.5) is 0 Å². The van der Waals surface area contributed by atoms with Crippen LogP contribution in [0, 0.1) is 6.92 Å². The lowest BCUT2D eigenvalue weighted by atomic mass is 10.2. The summed E-state index contributed by atoms with van der Waals surface area (Å²) in [7, 11) is 0. The number of benzene rings is 1. The molecule has 0 atom stereocenters. The topological polar surface area (TPSA) is 76.4 Å². The van der Waals surface area contributed by atoms with Crippen LogP contribution >= 0.6 is 0 Å². The van der Waals surface area contributed by atoms with Crippen molar-refractivity contribution >= 4 is 5.91 Å². The molecule has 1 amide bonds. The van der Waals surface area contributed by atoms with Crippen molar-refractivity contribution < 1.29 is 14.6 Å². The number of carbonyl (C=O) groups is 1. The third kappa shape index (κ3) is 4.02. The minimum absolute atomic E-state index is 0.0414. The third-order valence-electron chi connectivity index (χ3n) is 4.72. The third-order valence-corrected chi connectivity index (χ3v) is 4.72. The highest BCUT2D eigenvalue weighted by molar-refractivity contribution is 5.95. The van der Waals surface area contributed by atoms with Crippen molar-refractivity contribution in [2.45, 2.75) is 45.2 Å². The van der Waals surface area contributed by atoms with Crippen molar-refractivity contribution in [2.24, 2.45) is 0 Å². The Balaban J connectivity index is 1.65. The molecule has 0 spiro atoms. The first-order valence-electron chi connectivity index (χ1n) is 8.84. The van der Waals surface area contributed by atoms with E-state index in [4.69, 9.17) is 9.84 Å². The smallest absolute Gasteiger partial charge is 0.255 e. The van der Waals surface area contributed by atoms with Gasteiger partial charge in [0.25, 0.3) is 5.91 Å². The number of aliphatic hydroxyl groups is 1. The minimum Gasteiger partial charge on any atom is -0.491 e. The maximum atomic E-state index is 12.5. The molecule has 134 valence electrons.